The number of carbonyl (C=O) groups is 2. The highest BCUT2D eigenvalue weighted by Crippen LogP contribution is 2.44. The van der Waals surface area contributed by atoms with Gasteiger partial charge in [-0.2, -0.15) is 0 Å². The van der Waals surface area contributed by atoms with Crippen LogP contribution in [0.4, 0.5) is 0 Å². The van der Waals surface area contributed by atoms with Gasteiger partial charge in [-0.3, -0.25) is 14.6 Å². The molecule has 1 aliphatic heterocycles. The second-order valence-corrected chi connectivity index (χ2v) is 9.42. The zero-order valence-corrected chi connectivity index (χ0v) is 21.0. The molecule has 1 fully saturated rings. The highest BCUT2D eigenvalue weighted by molar-refractivity contribution is 6.46. The van der Waals surface area contributed by atoms with Crippen molar-refractivity contribution in [1.29, 1.82) is 0 Å². The van der Waals surface area contributed by atoms with Crippen LogP contribution in [0.25, 0.3) is 5.76 Å². The van der Waals surface area contributed by atoms with Crippen molar-refractivity contribution in [3.63, 3.8) is 0 Å². The SMILES string of the molecule is COc1c(Cl)cc(Cl)cc1/C(O)=C1\C(=O)C(=O)N(Cc2cccnc2)C1c1ccc(C(C)C)cc1. The van der Waals surface area contributed by atoms with Crippen LogP contribution < -0.4 is 4.74 Å². The fourth-order valence-corrected chi connectivity index (χ4v) is 4.80. The summed E-state index contributed by atoms with van der Waals surface area (Å²) in [6.07, 6.45) is 3.27. The zero-order chi connectivity index (χ0) is 25.3. The molecule has 3 aromatic rings. The first-order chi connectivity index (χ1) is 16.7. The third kappa shape index (κ3) is 4.77. The summed E-state index contributed by atoms with van der Waals surface area (Å²) in [5.41, 5.74) is 2.62. The molecular formula is C27H24Cl2N2O4. The molecule has 1 aromatic heterocycles. The number of benzene rings is 2. The number of aliphatic hydroxyl groups excluding tert-OH is 1. The smallest absolute Gasteiger partial charge is 0.295 e. The maximum Gasteiger partial charge on any atom is 0.295 e. The van der Waals surface area contributed by atoms with Crippen molar-refractivity contribution in [2.75, 3.05) is 7.11 Å². The summed E-state index contributed by atoms with van der Waals surface area (Å²) >= 11 is 12.5. The van der Waals surface area contributed by atoms with E-state index in [4.69, 9.17) is 27.9 Å². The molecule has 8 heteroatoms. The molecule has 2 aromatic carbocycles. The van der Waals surface area contributed by atoms with E-state index < -0.39 is 23.5 Å². The van der Waals surface area contributed by atoms with Crippen LogP contribution in [0.2, 0.25) is 10.0 Å². The number of likely N-dealkylation sites (tertiary alicyclic amines) is 1. The lowest BCUT2D eigenvalue weighted by atomic mass is 9.93. The summed E-state index contributed by atoms with van der Waals surface area (Å²) in [5, 5.41) is 11.8. The van der Waals surface area contributed by atoms with Crippen LogP contribution in [0.1, 0.15) is 48.1 Å². The molecule has 0 bridgehead atoms. The Morgan fingerprint density at radius 1 is 1.14 bits per heavy atom. The molecule has 4 rings (SSSR count). The van der Waals surface area contributed by atoms with Gasteiger partial charge in [-0.1, -0.05) is 67.4 Å². The number of hydrogen-bond donors (Lipinski definition) is 1. The summed E-state index contributed by atoms with van der Waals surface area (Å²) < 4.78 is 5.38. The van der Waals surface area contributed by atoms with Gasteiger partial charge < -0.3 is 14.7 Å². The van der Waals surface area contributed by atoms with Gasteiger partial charge in [0.1, 0.15) is 11.5 Å². The summed E-state index contributed by atoms with van der Waals surface area (Å²) in [5.74, 6) is -1.47. The maximum atomic E-state index is 13.3. The fourth-order valence-electron chi connectivity index (χ4n) is 4.23. The summed E-state index contributed by atoms with van der Waals surface area (Å²) in [4.78, 5) is 32.1. The molecule has 0 aliphatic carbocycles. The van der Waals surface area contributed by atoms with E-state index in [0.29, 0.717) is 11.5 Å². The Balaban J connectivity index is 1.92. The predicted molar refractivity (Wildman–Crippen MR) is 136 cm³/mol. The van der Waals surface area contributed by atoms with Gasteiger partial charge in [0, 0.05) is 24.0 Å². The number of halogens is 2. The molecule has 0 spiro atoms. The van der Waals surface area contributed by atoms with E-state index in [1.807, 2.05) is 30.3 Å². The Bertz CT molecular complexity index is 1300. The molecule has 1 unspecified atom stereocenters. The average Bonchev–Trinajstić information content (AvgIpc) is 3.08. The molecule has 6 nitrogen and oxygen atoms in total. The molecule has 1 aliphatic rings. The topological polar surface area (TPSA) is 79.7 Å². The van der Waals surface area contributed by atoms with Gasteiger partial charge in [-0.15, -0.1) is 0 Å². The lowest BCUT2D eigenvalue weighted by Crippen LogP contribution is -2.29. The van der Waals surface area contributed by atoms with E-state index in [9.17, 15) is 14.7 Å². The number of carbonyl (C=O) groups excluding carboxylic acids is 2. The number of aromatic nitrogens is 1. The predicted octanol–water partition coefficient (Wildman–Crippen LogP) is 6.14. The van der Waals surface area contributed by atoms with E-state index in [1.54, 1.807) is 18.5 Å². The molecule has 1 saturated heterocycles. The van der Waals surface area contributed by atoms with Crippen LogP contribution in [0, 0.1) is 0 Å². The van der Waals surface area contributed by atoms with Gasteiger partial charge in [0.15, 0.2) is 0 Å². The van der Waals surface area contributed by atoms with E-state index in [2.05, 4.69) is 18.8 Å². The number of methoxy groups -OCH3 is 1. The first-order valence-electron chi connectivity index (χ1n) is 11.0. The van der Waals surface area contributed by atoms with Gasteiger partial charge in [-0.25, -0.2) is 0 Å². The number of ketones is 1. The Kier molecular flexibility index (Phi) is 7.15. The third-order valence-corrected chi connectivity index (χ3v) is 6.50. The zero-order valence-electron chi connectivity index (χ0n) is 19.5. The number of rotatable bonds is 6. The van der Waals surface area contributed by atoms with Gasteiger partial charge in [0.05, 0.1) is 29.3 Å². The van der Waals surface area contributed by atoms with Crippen molar-refractivity contribution in [2.45, 2.75) is 32.4 Å². The number of amides is 1. The summed E-state index contributed by atoms with van der Waals surface area (Å²) in [6, 6.07) is 13.3. The van der Waals surface area contributed by atoms with Crippen molar-refractivity contribution < 1.29 is 19.4 Å². The molecule has 180 valence electrons. The van der Waals surface area contributed by atoms with Crippen LogP contribution >= 0.6 is 23.2 Å². The lowest BCUT2D eigenvalue weighted by molar-refractivity contribution is -0.140. The number of pyridine rings is 1. The Labute approximate surface area is 213 Å². The number of aliphatic hydroxyl groups is 1. The number of Topliss-reactive ketones (excluding diaryl/α,β-unsaturated/α-hetero) is 1. The molecule has 1 atom stereocenters. The Morgan fingerprint density at radius 2 is 1.86 bits per heavy atom. The van der Waals surface area contributed by atoms with Crippen molar-refractivity contribution in [3.05, 3.63) is 98.8 Å². The summed E-state index contributed by atoms with van der Waals surface area (Å²) in [6.45, 7) is 4.30. The lowest BCUT2D eigenvalue weighted by Gasteiger charge is -2.26. The van der Waals surface area contributed by atoms with Crippen molar-refractivity contribution in [2.24, 2.45) is 0 Å². The molecule has 1 amide bonds. The third-order valence-electron chi connectivity index (χ3n) is 6.00. The molecular weight excluding hydrogens is 487 g/mol. The van der Waals surface area contributed by atoms with Crippen LogP contribution in [0.3, 0.4) is 0 Å². The average molecular weight is 511 g/mol. The highest BCUT2D eigenvalue weighted by Gasteiger charge is 2.46. The van der Waals surface area contributed by atoms with Crippen molar-refractivity contribution >= 4 is 40.7 Å². The standard InChI is InChI=1S/C27H24Cl2N2O4/c1-15(2)17-6-8-18(9-7-17)23-22(24(32)20-11-19(28)12-21(29)26(20)35-3)25(33)27(34)31(23)14-16-5-4-10-30-13-16/h4-13,15,23,32H,14H2,1-3H3/b24-22+. The minimum Gasteiger partial charge on any atom is -0.507 e. The minimum absolute atomic E-state index is 0.0622. The monoisotopic (exact) mass is 510 g/mol. The van der Waals surface area contributed by atoms with Gasteiger partial charge in [0.25, 0.3) is 11.7 Å². The molecule has 2 heterocycles. The minimum atomic E-state index is -0.834. The largest absolute Gasteiger partial charge is 0.507 e. The van der Waals surface area contributed by atoms with Gasteiger partial charge in [-0.05, 0) is 40.8 Å². The van der Waals surface area contributed by atoms with Crippen LogP contribution in [-0.2, 0) is 16.1 Å². The second kappa shape index (κ2) is 10.1. The van der Waals surface area contributed by atoms with E-state index in [-0.39, 0.29) is 33.5 Å². The van der Waals surface area contributed by atoms with Gasteiger partial charge in [0.2, 0.25) is 0 Å². The molecule has 1 N–H and O–H groups in total. The molecule has 0 radical (unpaired) electrons. The highest BCUT2D eigenvalue weighted by atomic mass is 35.5. The van der Waals surface area contributed by atoms with Crippen molar-refractivity contribution in [3.8, 4) is 5.75 Å². The summed E-state index contributed by atoms with van der Waals surface area (Å²) in [7, 11) is 1.40. The first kappa shape index (κ1) is 24.8. The number of ether oxygens (including phenoxy) is 1. The van der Waals surface area contributed by atoms with Gasteiger partial charge >= 0.3 is 0 Å². The molecule has 0 saturated carbocycles. The number of nitrogens with zero attached hydrogens (tertiary/aromatic N) is 2. The van der Waals surface area contributed by atoms with Crippen molar-refractivity contribution in [1.82, 2.24) is 9.88 Å². The Hall–Kier alpha value is -3.35. The maximum absolute atomic E-state index is 13.3. The quantitative estimate of drug-likeness (QED) is 0.244. The normalized spacial score (nSPS) is 17.3. The van der Waals surface area contributed by atoms with Crippen LogP contribution in [-0.4, -0.2) is 33.8 Å². The fraction of sp³-hybridized carbons (Fsp3) is 0.222. The molecule has 35 heavy (non-hydrogen) atoms. The number of hydrogen-bond acceptors (Lipinski definition) is 5. The van der Waals surface area contributed by atoms with E-state index in [0.717, 1.165) is 11.1 Å². The van der Waals surface area contributed by atoms with E-state index in [1.165, 1.54) is 24.1 Å². The first-order valence-corrected chi connectivity index (χ1v) is 11.8. The second-order valence-electron chi connectivity index (χ2n) is 8.58. The van der Waals surface area contributed by atoms with Crippen LogP contribution in [0.5, 0.6) is 5.75 Å². The van der Waals surface area contributed by atoms with E-state index >= 15 is 0 Å². The Morgan fingerprint density at radius 3 is 2.46 bits per heavy atom. The van der Waals surface area contributed by atoms with Crippen LogP contribution in [0.15, 0.2) is 66.5 Å².